The van der Waals surface area contributed by atoms with E-state index in [-0.39, 0.29) is 30.2 Å². The number of likely N-dealkylation sites (N-methyl/N-ethyl adjacent to an activating group) is 1. The van der Waals surface area contributed by atoms with Gasteiger partial charge >= 0.3 is 0 Å². The molecule has 0 spiro atoms. The molecular weight excluding hydrogens is 352 g/mol. The van der Waals surface area contributed by atoms with E-state index in [1.54, 1.807) is 7.05 Å². The predicted molar refractivity (Wildman–Crippen MR) is 100 cm³/mol. The molecule has 1 aromatic rings. The molecule has 0 aromatic carbocycles. The third kappa shape index (κ3) is 5.01. The number of carbonyl (C=O) groups excluding carboxylic acids is 2. The molecule has 1 aromatic heterocycles. The van der Waals surface area contributed by atoms with Crippen LogP contribution in [0, 0.1) is 13.8 Å². The molecule has 2 heterocycles. The Hall–Kier alpha value is -1.54. The highest BCUT2D eigenvalue weighted by molar-refractivity contribution is 7.99. The number of ether oxygens (including phenoxy) is 1. The van der Waals surface area contributed by atoms with Crippen molar-refractivity contribution >= 4 is 23.6 Å². The van der Waals surface area contributed by atoms with Gasteiger partial charge < -0.3 is 19.5 Å². The maximum absolute atomic E-state index is 12.4. The second-order valence-corrected chi connectivity index (χ2v) is 8.13. The van der Waals surface area contributed by atoms with Crippen LogP contribution in [0.1, 0.15) is 37.1 Å². The normalized spacial score (nSPS) is 19.6. The molecule has 1 aliphatic heterocycles. The Morgan fingerprint density at radius 3 is 2.77 bits per heavy atom. The second-order valence-electron chi connectivity index (χ2n) is 7.19. The molecule has 0 bridgehead atoms. The average molecular weight is 381 g/mol. The summed E-state index contributed by atoms with van der Waals surface area (Å²) >= 11 is 1.43. The van der Waals surface area contributed by atoms with E-state index < -0.39 is 0 Å². The standard InChI is InChI=1S/C18H28N4O3S/c1-12-13(2)22(9-15-5-4-8-25-15)18(19-12)26-11-17(24)21(3)10-16(23)20-14-6-7-14/h14-15H,4-11H2,1-3H3,(H,20,23). The lowest BCUT2D eigenvalue weighted by Crippen LogP contribution is -2.39. The largest absolute Gasteiger partial charge is 0.376 e. The van der Waals surface area contributed by atoms with Crippen LogP contribution in [0.15, 0.2) is 5.16 Å². The molecule has 2 fully saturated rings. The van der Waals surface area contributed by atoms with Crippen LogP contribution in [0.2, 0.25) is 0 Å². The van der Waals surface area contributed by atoms with Gasteiger partial charge in [-0.3, -0.25) is 9.59 Å². The Kier molecular flexibility index (Phi) is 6.24. The first-order valence-corrected chi connectivity index (χ1v) is 10.2. The molecule has 1 atom stereocenters. The molecule has 2 amide bonds. The van der Waals surface area contributed by atoms with Gasteiger partial charge in [0.1, 0.15) is 0 Å². The monoisotopic (exact) mass is 380 g/mol. The van der Waals surface area contributed by atoms with Crippen LogP contribution in [0.3, 0.4) is 0 Å². The van der Waals surface area contributed by atoms with Crippen molar-refractivity contribution in [3.05, 3.63) is 11.4 Å². The van der Waals surface area contributed by atoms with Crippen LogP contribution in [0.5, 0.6) is 0 Å². The number of hydrogen-bond acceptors (Lipinski definition) is 5. The summed E-state index contributed by atoms with van der Waals surface area (Å²) in [6.07, 6.45) is 4.49. The summed E-state index contributed by atoms with van der Waals surface area (Å²) < 4.78 is 7.90. The van der Waals surface area contributed by atoms with E-state index in [0.717, 1.165) is 55.4 Å². The van der Waals surface area contributed by atoms with E-state index in [1.807, 2.05) is 6.92 Å². The fourth-order valence-corrected chi connectivity index (χ4v) is 4.02. The Morgan fingerprint density at radius 1 is 1.35 bits per heavy atom. The maximum Gasteiger partial charge on any atom is 0.239 e. The smallest absolute Gasteiger partial charge is 0.239 e. The Bertz CT molecular complexity index is 666. The maximum atomic E-state index is 12.4. The van der Waals surface area contributed by atoms with Gasteiger partial charge in [0.05, 0.1) is 30.6 Å². The number of thioether (sulfide) groups is 1. The molecule has 8 heteroatoms. The first-order chi connectivity index (χ1) is 12.4. The van der Waals surface area contributed by atoms with Gasteiger partial charge in [-0.1, -0.05) is 11.8 Å². The molecule has 1 unspecified atom stereocenters. The van der Waals surface area contributed by atoms with Crippen molar-refractivity contribution in [1.82, 2.24) is 19.8 Å². The minimum atomic E-state index is -0.0834. The lowest BCUT2D eigenvalue weighted by Gasteiger charge is -2.17. The van der Waals surface area contributed by atoms with Crippen LogP contribution < -0.4 is 5.32 Å². The molecular formula is C18H28N4O3S. The number of carbonyl (C=O) groups is 2. The van der Waals surface area contributed by atoms with Crippen molar-refractivity contribution in [1.29, 1.82) is 0 Å². The van der Waals surface area contributed by atoms with E-state index in [9.17, 15) is 9.59 Å². The van der Waals surface area contributed by atoms with Crippen LogP contribution in [0.4, 0.5) is 0 Å². The summed E-state index contributed by atoms with van der Waals surface area (Å²) in [5.41, 5.74) is 2.10. The van der Waals surface area contributed by atoms with Gasteiger partial charge in [-0.05, 0) is 39.5 Å². The van der Waals surface area contributed by atoms with Gasteiger partial charge in [-0.2, -0.15) is 0 Å². The van der Waals surface area contributed by atoms with Crippen LogP contribution in [0.25, 0.3) is 0 Å². The molecule has 1 saturated carbocycles. The lowest BCUT2D eigenvalue weighted by molar-refractivity contribution is -0.132. The molecule has 144 valence electrons. The zero-order valence-electron chi connectivity index (χ0n) is 15.8. The van der Waals surface area contributed by atoms with Gasteiger partial charge in [-0.15, -0.1) is 0 Å². The number of aryl methyl sites for hydroxylation is 1. The number of hydrogen-bond donors (Lipinski definition) is 1. The summed E-state index contributed by atoms with van der Waals surface area (Å²) in [7, 11) is 1.67. The molecule has 1 N–H and O–H groups in total. The molecule has 0 radical (unpaired) electrons. The van der Waals surface area contributed by atoms with Crippen molar-refractivity contribution in [2.45, 2.75) is 63.4 Å². The molecule has 2 aliphatic rings. The number of aromatic nitrogens is 2. The van der Waals surface area contributed by atoms with Gasteiger partial charge in [0.2, 0.25) is 11.8 Å². The van der Waals surface area contributed by atoms with Gasteiger partial charge in [-0.25, -0.2) is 4.98 Å². The van der Waals surface area contributed by atoms with Gasteiger partial charge in [0.25, 0.3) is 0 Å². The van der Waals surface area contributed by atoms with E-state index in [4.69, 9.17) is 4.74 Å². The fraction of sp³-hybridized carbons (Fsp3) is 0.722. The first kappa shape index (κ1) is 19.2. The highest BCUT2D eigenvalue weighted by Crippen LogP contribution is 2.24. The summed E-state index contributed by atoms with van der Waals surface area (Å²) in [6.45, 7) is 5.76. The molecule has 1 aliphatic carbocycles. The van der Waals surface area contributed by atoms with E-state index in [1.165, 1.54) is 16.7 Å². The van der Waals surface area contributed by atoms with Crippen molar-refractivity contribution in [2.24, 2.45) is 0 Å². The summed E-state index contributed by atoms with van der Waals surface area (Å²) in [6, 6.07) is 0.316. The molecule has 1 saturated heterocycles. The van der Waals surface area contributed by atoms with Gasteiger partial charge in [0.15, 0.2) is 5.16 Å². The van der Waals surface area contributed by atoms with E-state index in [0.29, 0.717) is 6.04 Å². The zero-order chi connectivity index (χ0) is 18.7. The highest BCUT2D eigenvalue weighted by atomic mass is 32.2. The summed E-state index contributed by atoms with van der Waals surface area (Å²) in [4.78, 5) is 30.3. The number of amides is 2. The Labute approximate surface area is 158 Å². The highest BCUT2D eigenvalue weighted by Gasteiger charge is 2.25. The van der Waals surface area contributed by atoms with Crippen molar-refractivity contribution in [3.63, 3.8) is 0 Å². The van der Waals surface area contributed by atoms with E-state index >= 15 is 0 Å². The minimum absolute atomic E-state index is 0.0667. The fourth-order valence-electron chi connectivity index (χ4n) is 2.98. The lowest BCUT2D eigenvalue weighted by atomic mass is 10.2. The molecule has 3 rings (SSSR count). The zero-order valence-corrected chi connectivity index (χ0v) is 16.6. The Morgan fingerprint density at radius 2 is 2.12 bits per heavy atom. The number of nitrogens with zero attached hydrogens (tertiary/aromatic N) is 3. The van der Waals surface area contributed by atoms with Crippen LogP contribution >= 0.6 is 11.8 Å². The summed E-state index contributed by atoms with van der Waals surface area (Å²) in [5.74, 6) is 0.122. The SMILES string of the molecule is Cc1nc(SCC(=O)N(C)CC(=O)NC2CC2)n(CC2CCCO2)c1C. The number of nitrogens with one attached hydrogen (secondary N) is 1. The van der Waals surface area contributed by atoms with Gasteiger partial charge in [0, 0.05) is 25.4 Å². The van der Waals surface area contributed by atoms with Crippen molar-refractivity contribution in [3.8, 4) is 0 Å². The first-order valence-electron chi connectivity index (χ1n) is 9.25. The Balaban J connectivity index is 1.53. The van der Waals surface area contributed by atoms with Crippen molar-refractivity contribution in [2.75, 3.05) is 26.0 Å². The van der Waals surface area contributed by atoms with Crippen LogP contribution in [-0.2, 0) is 20.9 Å². The third-order valence-electron chi connectivity index (χ3n) is 4.91. The number of rotatable bonds is 8. The number of imidazole rings is 1. The molecule has 26 heavy (non-hydrogen) atoms. The van der Waals surface area contributed by atoms with Crippen molar-refractivity contribution < 1.29 is 14.3 Å². The van der Waals surface area contributed by atoms with E-state index in [2.05, 4.69) is 21.8 Å². The quantitative estimate of drug-likeness (QED) is 0.692. The minimum Gasteiger partial charge on any atom is -0.376 e. The molecule has 7 nitrogen and oxygen atoms in total. The average Bonchev–Trinajstić information content (AvgIpc) is 3.17. The van der Waals surface area contributed by atoms with Crippen LogP contribution in [-0.4, -0.2) is 64.4 Å². The second kappa shape index (κ2) is 8.43. The summed E-state index contributed by atoms with van der Waals surface area (Å²) in [5, 5.41) is 3.75. The predicted octanol–water partition coefficient (Wildman–Crippen LogP) is 1.51. The topological polar surface area (TPSA) is 76.5 Å². The third-order valence-corrected chi connectivity index (χ3v) is 5.87.